The van der Waals surface area contributed by atoms with E-state index in [2.05, 4.69) is 4.98 Å². The molecule has 1 saturated carbocycles. The zero-order chi connectivity index (χ0) is 14.2. The van der Waals surface area contributed by atoms with Crippen molar-refractivity contribution in [3.63, 3.8) is 0 Å². The zero-order valence-electron chi connectivity index (χ0n) is 11.2. The van der Waals surface area contributed by atoms with E-state index in [1.807, 2.05) is 6.92 Å². The summed E-state index contributed by atoms with van der Waals surface area (Å²) in [5, 5.41) is 0. The molecule has 2 N–H and O–H groups in total. The number of primary amides is 1. The van der Waals surface area contributed by atoms with Crippen molar-refractivity contribution >= 4 is 5.91 Å². The molecule has 5 heteroatoms. The Balaban J connectivity index is 2.29. The molecule has 1 amide bonds. The van der Waals surface area contributed by atoms with Gasteiger partial charge in [-0.15, -0.1) is 0 Å². The maximum absolute atomic E-state index is 13.1. The minimum absolute atomic E-state index is 0.00275. The molecule has 0 spiro atoms. The average Bonchev–Trinajstić information content (AvgIpc) is 2.32. The minimum Gasteiger partial charge on any atom is -0.366 e. The molecule has 0 atom stereocenters. The molecule has 19 heavy (non-hydrogen) atoms. The number of pyridine rings is 1. The van der Waals surface area contributed by atoms with Crippen molar-refractivity contribution in [3.05, 3.63) is 28.6 Å². The molecule has 3 nitrogen and oxygen atoms in total. The summed E-state index contributed by atoms with van der Waals surface area (Å²) in [6.45, 7) is 3.60. The maximum atomic E-state index is 13.1. The highest BCUT2D eigenvalue weighted by Crippen LogP contribution is 2.40. The Bertz CT molecular complexity index is 504. The molecule has 0 unspecified atom stereocenters. The first kappa shape index (κ1) is 13.9. The predicted molar refractivity (Wildman–Crippen MR) is 68.4 cm³/mol. The van der Waals surface area contributed by atoms with E-state index in [0.29, 0.717) is 24.1 Å². The van der Waals surface area contributed by atoms with Crippen molar-refractivity contribution in [2.75, 3.05) is 0 Å². The summed E-state index contributed by atoms with van der Waals surface area (Å²) < 4.78 is 26.3. The highest BCUT2D eigenvalue weighted by molar-refractivity contribution is 5.94. The second-order valence-corrected chi connectivity index (χ2v) is 5.30. The summed E-state index contributed by atoms with van der Waals surface area (Å²) in [6.07, 6.45) is 0.581. The molecular formula is C14H18F2N2O. The molecule has 1 aliphatic carbocycles. The second kappa shape index (κ2) is 4.87. The number of amides is 1. The Hall–Kier alpha value is -1.52. The second-order valence-electron chi connectivity index (χ2n) is 5.30. The number of hydrogen-bond donors (Lipinski definition) is 1. The first-order valence-electron chi connectivity index (χ1n) is 6.46. The Kier molecular flexibility index (Phi) is 3.56. The Morgan fingerprint density at radius 3 is 2.47 bits per heavy atom. The summed E-state index contributed by atoms with van der Waals surface area (Å²) in [4.78, 5) is 15.8. The monoisotopic (exact) mass is 268 g/mol. The van der Waals surface area contributed by atoms with Crippen LogP contribution in [0.1, 0.15) is 58.9 Å². The van der Waals surface area contributed by atoms with E-state index in [1.165, 1.54) is 0 Å². The first-order chi connectivity index (χ1) is 8.80. The van der Waals surface area contributed by atoms with Crippen molar-refractivity contribution in [2.45, 2.75) is 51.4 Å². The van der Waals surface area contributed by atoms with E-state index in [-0.39, 0.29) is 18.8 Å². The van der Waals surface area contributed by atoms with Crippen LogP contribution in [0, 0.1) is 13.8 Å². The number of aromatic nitrogens is 1. The topological polar surface area (TPSA) is 56.0 Å². The summed E-state index contributed by atoms with van der Waals surface area (Å²) in [7, 11) is 0. The van der Waals surface area contributed by atoms with Crippen LogP contribution >= 0.6 is 0 Å². The van der Waals surface area contributed by atoms with Crippen molar-refractivity contribution < 1.29 is 13.6 Å². The fraction of sp³-hybridized carbons (Fsp3) is 0.571. The van der Waals surface area contributed by atoms with Gasteiger partial charge in [-0.25, -0.2) is 8.78 Å². The SMILES string of the molecule is Cc1nc(C2CCC(F)(F)CC2)cc(C(N)=O)c1C. The number of nitrogens with two attached hydrogens (primary N) is 1. The minimum atomic E-state index is -2.55. The molecule has 1 aliphatic rings. The van der Waals surface area contributed by atoms with E-state index < -0.39 is 11.8 Å². The van der Waals surface area contributed by atoms with Gasteiger partial charge in [0.2, 0.25) is 11.8 Å². The summed E-state index contributed by atoms with van der Waals surface area (Å²) in [5.74, 6) is -3.05. The zero-order valence-corrected chi connectivity index (χ0v) is 11.2. The lowest BCUT2D eigenvalue weighted by Crippen LogP contribution is -2.24. The number of nitrogens with zero attached hydrogens (tertiary/aromatic N) is 1. The molecule has 104 valence electrons. The van der Waals surface area contributed by atoms with Crippen LogP contribution in [0.4, 0.5) is 8.78 Å². The maximum Gasteiger partial charge on any atom is 0.249 e. The fourth-order valence-corrected chi connectivity index (χ4v) is 2.56. The standard InChI is InChI=1S/C14H18F2N2O/c1-8-9(2)18-12(7-11(8)13(17)19)10-3-5-14(15,16)6-4-10/h7,10H,3-6H2,1-2H3,(H2,17,19). The third-order valence-corrected chi connectivity index (χ3v) is 3.94. The average molecular weight is 268 g/mol. The number of rotatable bonds is 2. The first-order valence-corrected chi connectivity index (χ1v) is 6.46. The smallest absolute Gasteiger partial charge is 0.249 e. The Morgan fingerprint density at radius 1 is 1.37 bits per heavy atom. The van der Waals surface area contributed by atoms with Gasteiger partial charge in [0.15, 0.2) is 0 Å². The molecule has 0 saturated heterocycles. The molecule has 1 heterocycles. The molecule has 0 aliphatic heterocycles. The van der Waals surface area contributed by atoms with Crippen LogP contribution in [0.25, 0.3) is 0 Å². The number of alkyl halides is 2. The van der Waals surface area contributed by atoms with Gasteiger partial charge in [-0.3, -0.25) is 9.78 Å². The summed E-state index contributed by atoms with van der Waals surface area (Å²) >= 11 is 0. The normalized spacial score (nSPS) is 19.4. The van der Waals surface area contributed by atoms with E-state index >= 15 is 0 Å². The molecule has 1 aromatic rings. The van der Waals surface area contributed by atoms with E-state index in [1.54, 1.807) is 13.0 Å². The molecule has 1 fully saturated rings. The van der Waals surface area contributed by atoms with Crippen molar-refractivity contribution in [1.82, 2.24) is 4.98 Å². The predicted octanol–water partition coefficient (Wildman–Crippen LogP) is 3.09. The van der Waals surface area contributed by atoms with Crippen molar-refractivity contribution in [2.24, 2.45) is 5.73 Å². The lowest BCUT2D eigenvalue weighted by molar-refractivity contribution is -0.0385. The number of carbonyl (C=O) groups is 1. The Morgan fingerprint density at radius 2 is 1.95 bits per heavy atom. The fourth-order valence-electron chi connectivity index (χ4n) is 2.56. The van der Waals surface area contributed by atoms with E-state index in [4.69, 9.17) is 5.73 Å². The third kappa shape index (κ3) is 2.91. The van der Waals surface area contributed by atoms with Gasteiger partial charge in [0, 0.05) is 35.7 Å². The molecular weight excluding hydrogens is 250 g/mol. The van der Waals surface area contributed by atoms with Gasteiger partial charge in [0.1, 0.15) is 0 Å². The van der Waals surface area contributed by atoms with Crippen LogP contribution < -0.4 is 5.73 Å². The van der Waals surface area contributed by atoms with E-state index in [9.17, 15) is 13.6 Å². The summed E-state index contributed by atoms with van der Waals surface area (Å²) in [6, 6.07) is 1.67. The van der Waals surface area contributed by atoms with Crippen LogP contribution in [0.3, 0.4) is 0 Å². The Labute approximate surface area is 111 Å². The van der Waals surface area contributed by atoms with Crippen LogP contribution in [0.2, 0.25) is 0 Å². The molecule has 0 bridgehead atoms. The van der Waals surface area contributed by atoms with E-state index in [0.717, 1.165) is 11.3 Å². The van der Waals surface area contributed by atoms with Crippen molar-refractivity contribution in [1.29, 1.82) is 0 Å². The van der Waals surface area contributed by atoms with Gasteiger partial charge < -0.3 is 5.73 Å². The largest absolute Gasteiger partial charge is 0.366 e. The molecule has 0 radical (unpaired) electrons. The van der Waals surface area contributed by atoms with Crippen LogP contribution in [0.5, 0.6) is 0 Å². The highest BCUT2D eigenvalue weighted by atomic mass is 19.3. The van der Waals surface area contributed by atoms with Gasteiger partial charge in [0.05, 0.1) is 0 Å². The quantitative estimate of drug-likeness (QED) is 0.896. The molecule has 0 aromatic carbocycles. The summed E-state index contributed by atoms with van der Waals surface area (Å²) in [5.41, 5.74) is 8.00. The van der Waals surface area contributed by atoms with Crippen LogP contribution in [-0.4, -0.2) is 16.8 Å². The highest BCUT2D eigenvalue weighted by Gasteiger charge is 2.36. The molecule has 2 rings (SSSR count). The number of carbonyl (C=O) groups excluding carboxylic acids is 1. The number of hydrogen-bond acceptors (Lipinski definition) is 2. The van der Waals surface area contributed by atoms with Crippen LogP contribution in [0.15, 0.2) is 6.07 Å². The molecule has 1 aromatic heterocycles. The third-order valence-electron chi connectivity index (χ3n) is 3.94. The van der Waals surface area contributed by atoms with Gasteiger partial charge in [-0.1, -0.05) is 0 Å². The lowest BCUT2D eigenvalue weighted by Gasteiger charge is -2.28. The van der Waals surface area contributed by atoms with Crippen LogP contribution in [-0.2, 0) is 0 Å². The van der Waals surface area contributed by atoms with Gasteiger partial charge in [0.25, 0.3) is 0 Å². The van der Waals surface area contributed by atoms with Gasteiger partial charge in [-0.05, 0) is 38.3 Å². The van der Waals surface area contributed by atoms with Gasteiger partial charge >= 0.3 is 0 Å². The number of aryl methyl sites for hydroxylation is 1. The number of halogens is 2. The lowest BCUT2D eigenvalue weighted by atomic mass is 9.84. The van der Waals surface area contributed by atoms with Crippen molar-refractivity contribution in [3.8, 4) is 0 Å². The van der Waals surface area contributed by atoms with Gasteiger partial charge in [-0.2, -0.15) is 0 Å².